The van der Waals surface area contributed by atoms with E-state index in [4.69, 9.17) is 14.6 Å². The third-order valence-corrected chi connectivity index (χ3v) is 5.84. The van der Waals surface area contributed by atoms with Crippen molar-refractivity contribution in [3.63, 3.8) is 0 Å². The Morgan fingerprint density at radius 2 is 1.50 bits per heavy atom. The van der Waals surface area contributed by atoms with Crippen molar-refractivity contribution in [3.05, 3.63) is 70.3 Å². The van der Waals surface area contributed by atoms with Crippen LogP contribution in [0.1, 0.15) is 60.0 Å². The number of rotatable bonds is 8. The summed E-state index contributed by atoms with van der Waals surface area (Å²) in [6.45, 7) is 0.364. The summed E-state index contributed by atoms with van der Waals surface area (Å²) >= 11 is 0. The highest BCUT2D eigenvalue weighted by atomic mass is 16.5. The molecule has 6 heteroatoms. The maximum absolute atomic E-state index is 13.1. The van der Waals surface area contributed by atoms with Gasteiger partial charge in [-0.05, 0) is 67.5 Å². The van der Waals surface area contributed by atoms with Crippen molar-refractivity contribution in [1.29, 1.82) is 0 Å². The molecule has 0 bridgehead atoms. The molecule has 0 heterocycles. The van der Waals surface area contributed by atoms with Crippen molar-refractivity contribution in [3.8, 4) is 11.5 Å². The summed E-state index contributed by atoms with van der Waals surface area (Å²) < 4.78 is 10.8. The van der Waals surface area contributed by atoms with Crippen molar-refractivity contribution in [2.45, 2.75) is 51.5 Å². The van der Waals surface area contributed by atoms with Gasteiger partial charge in [0.25, 0.3) is 0 Å². The second-order valence-corrected chi connectivity index (χ2v) is 8.08. The number of hydrogen-bond donors (Lipinski definition) is 2. The second kappa shape index (κ2) is 11.4. The van der Waals surface area contributed by atoms with E-state index < -0.39 is 5.97 Å². The predicted octanol–water partition coefficient (Wildman–Crippen LogP) is 4.91. The number of hydrogen-bond acceptors (Lipinski definition) is 4. The Balaban J connectivity index is 1.79. The van der Waals surface area contributed by atoms with Gasteiger partial charge >= 0.3 is 5.97 Å². The van der Waals surface area contributed by atoms with Gasteiger partial charge in [0, 0.05) is 18.2 Å². The minimum Gasteiger partial charge on any atom is -0.497 e. The molecule has 1 amide bonds. The van der Waals surface area contributed by atoms with Crippen molar-refractivity contribution >= 4 is 11.9 Å². The Kier molecular flexibility index (Phi) is 8.31. The maximum atomic E-state index is 13.1. The molecule has 170 valence electrons. The average Bonchev–Trinajstić information content (AvgIpc) is 2.79. The number of benzene rings is 2. The highest BCUT2D eigenvalue weighted by molar-refractivity contribution is 5.94. The standard InChI is InChI=1S/C26H31NO5/c1-31-22-14-19(15-23(16-22)32-2)13-21-7-5-3-4-6-8-24(21)25(28)27-17-18-9-11-20(12-10-18)26(29)30/h9-12,14-16H,3-8,13,17H2,1-2H3,(H,27,28)(H,29,30)/b24-21-. The van der Waals surface area contributed by atoms with E-state index in [9.17, 15) is 9.59 Å². The molecule has 2 aromatic carbocycles. The fraction of sp³-hybridized carbons (Fsp3) is 0.385. The summed E-state index contributed by atoms with van der Waals surface area (Å²) in [5.41, 5.74) is 4.20. The molecule has 2 N–H and O–H groups in total. The first-order valence-electron chi connectivity index (χ1n) is 11.0. The zero-order valence-corrected chi connectivity index (χ0v) is 18.8. The predicted molar refractivity (Wildman–Crippen MR) is 123 cm³/mol. The lowest BCUT2D eigenvalue weighted by Gasteiger charge is -2.19. The number of amides is 1. The van der Waals surface area contributed by atoms with Crippen LogP contribution in [0.4, 0.5) is 0 Å². The van der Waals surface area contributed by atoms with Gasteiger partial charge in [-0.25, -0.2) is 4.79 Å². The number of carbonyl (C=O) groups is 2. The summed E-state index contributed by atoms with van der Waals surface area (Å²) in [5.74, 6) is 0.473. The third kappa shape index (κ3) is 6.36. The molecular formula is C26H31NO5. The largest absolute Gasteiger partial charge is 0.497 e. The maximum Gasteiger partial charge on any atom is 0.335 e. The number of nitrogens with one attached hydrogen (secondary N) is 1. The Morgan fingerprint density at radius 3 is 2.09 bits per heavy atom. The molecule has 0 radical (unpaired) electrons. The molecular weight excluding hydrogens is 406 g/mol. The molecule has 0 unspecified atom stereocenters. The molecule has 0 atom stereocenters. The zero-order chi connectivity index (χ0) is 22.9. The Hall–Kier alpha value is -3.28. The van der Waals surface area contributed by atoms with Crippen LogP contribution in [0.3, 0.4) is 0 Å². The topological polar surface area (TPSA) is 84.9 Å². The van der Waals surface area contributed by atoms with E-state index >= 15 is 0 Å². The van der Waals surface area contributed by atoms with Gasteiger partial charge in [0.05, 0.1) is 19.8 Å². The van der Waals surface area contributed by atoms with Crippen molar-refractivity contribution in [1.82, 2.24) is 5.32 Å². The van der Waals surface area contributed by atoms with Crippen molar-refractivity contribution in [2.75, 3.05) is 14.2 Å². The molecule has 0 saturated heterocycles. The number of carbonyl (C=O) groups excluding carboxylic acids is 1. The van der Waals surface area contributed by atoms with Crippen LogP contribution in [0.15, 0.2) is 53.6 Å². The Morgan fingerprint density at radius 1 is 0.875 bits per heavy atom. The Labute approximate surface area is 189 Å². The van der Waals surface area contributed by atoms with Gasteiger partial charge in [0.15, 0.2) is 0 Å². The lowest BCUT2D eigenvalue weighted by atomic mass is 9.89. The van der Waals surface area contributed by atoms with E-state index in [0.717, 1.165) is 60.3 Å². The lowest BCUT2D eigenvalue weighted by molar-refractivity contribution is -0.117. The van der Waals surface area contributed by atoms with Crippen LogP contribution in [0.2, 0.25) is 0 Å². The fourth-order valence-electron chi connectivity index (χ4n) is 4.06. The SMILES string of the molecule is COc1cc(C/C2=C(\C(=O)NCc3ccc(C(=O)O)cc3)CCCCCC2)cc(OC)c1. The summed E-state index contributed by atoms with van der Waals surface area (Å²) in [6.07, 6.45) is 6.73. The van der Waals surface area contributed by atoms with Gasteiger partial charge in [-0.2, -0.15) is 0 Å². The van der Waals surface area contributed by atoms with E-state index in [1.54, 1.807) is 38.5 Å². The first-order valence-corrected chi connectivity index (χ1v) is 11.0. The van der Waals surface area contributed by atoms with Gasteiger partial charge in [-0.1, -0.05) is 30.5 Å². The first-order chi connectivity index (χ1) is 15.5. The molecule has 3 rings (SSSR count). The van der Waals surface area contributed by atoms with Gasteiger partial charge in [0.1, 0.15) is 11.5 Å². The highest BCUT2D eigenvalue weighted by Gasteiger charge is 2.18. The van der Waals surface area contributed by atoms with Crippen LogP contribution in [-0.4, -0.2) is 31.2 Å². The number of ether oxygens (including phenoxy) is 2. The molecule has 0 saturated carbocycles. The molecule has 0 aliphatic heterocycles. The third-order valence-electron chi connectivity index (χ3n) is 5.84. The van der Waals surface area contributed by atoms with Gasteiger partial charge in [-0.15, -0.1) is 0 Å². The monoisotopic (exact) mass is 437 g/mol. The Bertz CT molecular complexity index is 956. The van der Waals surface area contributed by atoms with Crippen LogP contribution < -0.4 is 14.8 Å². The number of aromatic carboxylic acids is 1. The number of carboxylic acids is 1. The van der Waals surface area contributed by atoms with E-state index in [2.05, 4.69) is 5.32 Å². The van der Waals surface area contributed by atoms with Crippen LogP contribution in [0, 0.1) is 0 Å². The molecule has 0 aromatic heterocycles. The van der Waals surface area contributed by atoms with Crippen LogP contribution in [-0.2, 0) is 17.8 Å². The summed E-state index contributed by atoms with van der Waals surface area (Å²) in [4.78, 5) is 24.2. The molecule has 1 aliphatic rings. The second-order valence-electron chi connectivity index (χ2n) is 8.08. The van der Waals surface area contributed by atoms with Crippen LogP contribution >= 0.6 is 0 Å². The molecule has 0 fully saturated rings. The van der Waals surface area contributed by atoms with Crippen molar-refractivity contribution in [2.24, 2.45) is 0 Å². The van der Waals surface area contributed by atoms with Crippen LogP contribution in [0.25, 0.3) is 0 Å². The van der Waals surface area contributed by atoms with Crippen LogP contribution in [0.5, 0.6) is 11.5 Å². The molecule has 2 aromatic rings. The normalized spacial score (nSPS) is 16.6. The van der Waals surface area contributed by atoms with E-state index in [0.29, 0.717) is 13.0 Å². The van der Waals surface area contributed by atoms with E-state index in [-0.39, 0.29) is 11.5 Å². The van der Waals surface area contributed by atoms with E-state index in [1.807, 2.05) is 18.2 Å². The first kappa shape index (κ1) is 23.4. The van der Waals surface area contributed by atoms with Gasteiger partial charge in [0.2, 0.25) is 5.91 Å². The van der Waals surface area contributed by atoms with E-state index in [1.165, 1.54) is 12.0 Å². The lowest BCUT2D eigenvalue weighted by Crippen LogP contribution is -2.26. The molecule has 6 nitrogen and oxygen atoms in total. The quantitative estimate of drug-likeness (QED) is 0.613. The minimum atomic E-state index is -0.959. The molecule has 32 heavy (non-hydrogen) atoms. The summed E-state index contributed by atoms with van der Waals surface area (Å²) in [5, 5.41) is 12.1. The van der Waals surface area contributed by atoms with Crippen molar-refractivity contribution < 1.29 is 24.2 Å². The van der Waals surface area contributed by atoms with Gasteiger partial charge < -0.3 is 19.9 Å². The molecule has 0 spiro atoms. The zero-order valence-electron chi connectivity index (χ0n) is 18.8. The average molecular weight is 438 g/mol. The molecule has 1 aliphatic carbocycles. The summed E-state index contributed by atoms with van der Waals surface area (Å²) in [7, 11) is 3.27. The highest BCUT2D eigenvalue weighted by Crippen LogP contribution is 2.29. The number of allylic oxidation sites excluding steroid dienone is 1. The van der Waals surface area contributed by atoms with Gasteiger partial charge in [-0.3, -0.25) is 4.79 Å². The fourth-order valence-corrected chi connectivity index (χ4v) is 4.06. The number of carboxylic acid groups (broad SMARTS) is 1. The summed E-state index contributed by atoms with van der Waals surface area (Å²) in [6, 6.07) is 12.4. The smallest absolute Gasteiger partial charge is 0.335 e. The minimum absolute atomic E-state index is 0.0425. The number of methoxy groups -OCH3 is 2.